The molecule has 10 heteroatoms. The van der Waals surface area contributed by atoms with Gasteiger partial charge in [-0.1, -0.05) is 11.6 Å². The number of carbonyl (C=O) groups is 1. The minimum atomic E-state index is -0.628. The summed E-state index contributed by atoms with van der Waals surface area (Å²) < 4.78 is 13.3. The quantitative estimate of drug-likeness (QED) is 0.412. The van der Waals surface area contributed by atoms with Gasteiger partial charge in [0.2, 0.25) is 0 Å². The maximum Gasteiger partial charge on any atom is 0.344 e. The predicted octanol–water partition coefficient (Wildman–Crippen LogP) is 3.00. The van der Waals surface area contributed by atoms with Gasteiger partial charge in [0, 0.05) is 19.2 Å². The fraction of sp³-hybridized carbons (Fsp3) is 0.444. The predicted molar refractivity (Wildman–Crippen MR) is 102 cm³/mol. The van der Waals surface area contributed by atoms with E-state index >= 15 is 0 Å². The van der Waals surface area contributed by atoms with E-state index in [0.717, 1.165) is 19.3 Å². The van der Waals surface area contributed by atoms with Crippen LogP contribution in [0.4, 0.5) is 5.69 Å². The van der Waals surface area contributed by atoms with E-state index in [4.69, 9.17) is 21.1 Å². The van der Waals surface area contributed by atoms with Crippen molar-refractivity contribution in [2.24, 2.45) is 0 Å². The van der Waals surface area contributed by atoms with Gasteiger partial charge in [0.15, 0.2) is 12.4 Å². The van der Waals surface area contributed by atoms with Crippen LogP contribution in [-0.2, 0) is 22.6 Å². The summed E-state index contributed by atoms with van der Waals surface area (Å²) in [5.74, 6) is -0.711. The monoisotopic (exact) mass is 409 g/mol. The van der Waals surface area contributed by atoms with Gasteiger partial charge in [-0.05, 0) is 43.9 Å². The summed E-state index contributed by atoms with van der Waals surface area (Å²) in [4.78, 5) is 35.1. The topological polar surface area (TPSA) is 106 Å². The lowest BCUT2D eigenvalue weighted by molar-refractivity contribution is -0.385. The van der Waals surface area contributed by atoms with E-state index in [9.17, 15) is 19.7 Å². The molecule has 2 aromatic rings. The van der Waals surface area contributed by atoms with Crippen LogP contribution in [0.2, 0.25) is 5.15 Å². The number of nitro benzene ring substituents is 1. The van der Waals surface area contributed by atoms with E-state index in [0.29, 0.717) is 18.7 Å². The van der Waals surface area contributed by atoms with E-state index in [1.165, 1.54) is 18.2 Å². The van der Waals surface area contributed by atoms with Crippen LogP contribution in [0.25, 0.3) is 11.1 Å². The van der Waals surface area contributed by atoms with Crippen LogP contribution in [-0.4, -0.2) is 33.5 Å². The Morgan fingerprint density at radius 2 is 1.96 bits per heavy atom. The fourth-order valence-electron chi connectivity index (χ4n) is 3.22. The molecule has 150 valence electrons. The second-order valence-electron chi connectivity index (χ2n) is 6.31. The molecule has 0 bridgehead atoms. The van der Waals surface area contributed by atoms with Crippen molar-refractivity contribution < 1.29 is 19.2 Å². The van der Waals surface area contributed by atoms with E-state index in [2.05, 4.69) is 0 Å². The summed E-state index contributed by atoms with van der Waals surface area (Å²) in [6, 6.07) is 4.12. The van der Waals surface area contributed by atoms with Crippen LogP contribution in [0.1, 0.15) is 26.2 Å². The van der Waals surface area contributed by atoms with Crippen molar-refractivity contribution in [2.75, 3.05) is 13.2 Å². The van der Waals surface area contributed by atoms with Gasteiger partial charge in [-0.25, -0.2) is 9.48 Å². The first-order valence-electron chi connectivity index (χ1n) is 9.00. The zero-order valence-electron chi connectivity index (χ0n) is 15.4. The number of nitro groups is 1. The molecule has 28 heavy (non-hydrogen) atoms. The zero-order valence-corrected chi connectivity index (χ0v) is 16.1. The summed E-state index contributed by atoms with van der Waals surface area (Å²) in [5, 5.41) is 11.7. The van der Waals surface area contributed by atoms with Gasteiger partial charge in [-0.15, -0.1) is 0 Å². The Morgan fingerprint density at radius 3 is 2.64 bits per heavy atom. The first kappa shape index (κ1) is 19.9. The van der Waals surface area contributed by atoms with Gasteiger partial charge < -0.3 is 9.47 Å². The summed E-state index contributed by atoms with van der Waals surface area (Å²) >= 11 is 6.44. The number of benzene rings is 1. The lowest BCUT2D eigenvalue weighted by Gasteiger charge is -2.08. The molecule has 1 aromatic heterocycles. The lowest BCUT2D eigenvalue weighted by atomic mass is 10.1. The zero-order chi connectivity index (χ0) is 20.3. The number of ether oxygens (including phenoxy) is 2. The molecule has 0 radical (unpaired) electrons. The summed E-state index contributed by atoms with van der Waals surface area (Å²) in [6.45, 7) is 2.57. The van der Waals surface area contributed by atoms with E-state index in [1.54, 1.807) is 16.3 Å². The molecule has 0 aliphatic carbocycles. The number of carbonyl (C=O) groups excluding carboxylic acids is 1. The van der Waals surface area contributed by atoms with Gasteiger partial charge in [-0.3, -0.25) is 19.6 Å². The van der Waals surface area contributed by atoms with Gasteiger partial charge in [0.05, 0.1) is 17.1 Å². The van der Waals surface area contributed by atoms with E-state index in [1.807, 2.05) is 0 Å². The summed E-state index contributed by atoms with van der Waals surface area (Å²) in [5.41, 5.74) is -0.0769. The first-order chi connectivity index (χ1) is 13.4. The molecule has 2 heterocycles. The molecule has 0 fully saturated rings. The van der Waals surface area contributed by atoms with Crippen LogP contribution < -0.4 is 10.3 Å². The highest BCUT2D eigenvalue weighted by Gasteiger charge is 2.24. The molecule has 0 unspecified atom stereocenters. The molecule has 0 saturated heterocycles. The summed E-state index contributed by atoms with van der Waals surface area (Å²) in [7, 11) is 0. The highest BCUT2D eigenvalue weighted by Crippen LogP contribution is 2.34. The number of fused-ring (bicyclic) bond motifs is 1. The molecule has 9 nitrogen and oxygen atoms in total. The maximum atomic E-state index is 12.8. The Labute approximate surface area is 165 Å². The second kappa shape index (κ2) is 8.47. The third kappa shape index (κ3) is 3.89. The molecular formula is C18H20ClN3O6. The fourth-order valence-corrected chi connectivity index (χ4v) is 3.59. The Hall–Kier alpha value is -2.81. The average Bonchev–Trinajstić information content (AvgIpc) is 2.84. The van der Waals surface area contributed by atoms with Crippen LogP contribution >= 0.6 is 11.6 Å². The molecule has 0 atom stereocenters. The number of nitrogens with zero attached hydrogens (tertiary/aromatic N) is 3. The van der Waals surface area contributed by atoms with Crippen molar-refractivity contribution in [2.45, 2.75) is 39.3 Å². The number of hydrogen-bond acceptors (Lipinski definition) is 6. The highest BCUT2D eigenvalue weighted by molar-refractivity contribution is 6.32. The number of halogens is 1. The largest absolute Gasteiger partial charge is 0.475 e. The number of esters is 1. The lowest BCUT2D eigenvalue weighted by Crippen LogP contribution is -2.22. The Balaban J connectivity index is 1.98. The number of rotatable bonds is 6. The molecule has 1 aromatic carbocycles. The first-order valence-corrected chi connectivity index (χ1v) is 9.38. The van der Waals surface area contributed by atoms with Gasteiger partial charge in [0.25, 0.3) is 5.56 Å². The van der Waals surface area contributed by atoms with Crippen molar-refractivity contribution >= 4 is 23.3 Å². The standard InChI is InChI=1S/C18H20ClN3O6/c1-2-27-15(23)11-28-14-7-6-12(10-13(14)22(25)26)16-17(19)20-8-4-3-5-9-21(20)18(16)24/h6-7,10H,2-5,8-9,11H2,1H3. The van der Waals surface area contributed by atoms with Crippen molar-refractivity contribution in [1.29, 1.82) is 0 Å². The Morgan fingerprint density at radius 1 is 1.25 bits per heavy atom. The minimum Gasteiger partial charge on any atom is -0.475 e. The molecule has 1 aliphatic heterocycles. The average molecular weight is 410 g/mol. The van der Waals surface area contributed by atoms with Gasteiger partial charge >= 0.3 is 11.7 Å². The highest BCUT2D eigenvalue weighted by atomic mass is 35.5. The smallest absolute Gasteiger partial charge is 0.344 e. The van der Waals surface area contributed by atoms with Crippen molar-refractivity contribution in [3.63, 3.8) is 0 Å². The van der Waals surface area contributed by atoms with Crippen LogP contribution in [0.5, 0.6) is 5.75 Å². The molecular weight excluding hydrogens is 390 g/mol. The maximum absolute atomic E-state index is 12.8. The second-order valence-corrected chi connectivity index (χ2v) is 6.67. The number of aromatic nitrogens is 2. The van der Waals surface area contributed by atoms with Crippen molar-refractivity contribution in [3.8, 4) is 16.9 Å². The van der Waals surface area contributed by atoms with Crippen molar-refractivity contribution in [3.05, 3.63) is 43.8 Å². The molecule has 0 N–H and O–H groups in total. The molecule has 0 amide bonds. The van der Waals surface area contributed by atoms with Gasteiger partial charge in [0.1, 0.15) is 5.15 Å². The van der Waals surface area contributed by atoms with Gasteiger partial charge in [-0.2, -0.15) is 0 Å². The van der Waals surface area contributed by atoms with Crippen LogP contribution in [0.3, 0.4) is 0 Å². The SMILES string of the molecule is CCOC(=O)COc1ccc(-c2c(Cl)n3n(c2=O)CCCCC3)cc1[N+](=O)[O-]. The molecule has 1 aliphatic rings. The Bertz CT molecular complexity index is 965. The van der Waals surface area contributed by atoms with Crippen molar-refractivity contribution in [1.82, 2.24) is 9.36 Å². The molecule has 3 rings (SSSR count). The normalized spacial score (nSPS) is 13.5. The Kier molecular flexibility index (Phi) is 6.03. The van der Waals surface area contributed by atoms with Crippen LogP contribution in [0.15, 0.2) is 23.0 Å². The third-order valence-electron chi connectivity index (χ3n) is 4.51. The minimum absolute atomic E-state index is 0.0844. The molecule has 0 spiro atoms. The molecule has 0 saturated carbocycles. The van der Waals surface area contributed by atoms with E-state index < -0.39 is 17.5 Å². The van der Waals surface area contributed by atoms with Crippen LogP contribution in [0, 0.1) is 10.1 Å². The van der Waals surface area contributed by atoms with E-state index in [-0.39, 0.29) is 34.3 Å². The summed E-state index contributed by atoms with van der Waals surface area (Å²) in [6.07, 6.45) is 2.80. The third-order valence-corrected chi connectivity index (χ3v) is 4.89. The number of hydrogen-bond donors (Lipinski definition) is 0.